The van der Waals surface area contributed by atoms with Gasteiger partial charge in [0.2, 0.25) is 0 Å². The Balaban J connectivity index is 3.52. The van der Waals surface area contributed by atoms with E-state index in [1.54, 1.807) is 0 Å². The van der Waals surface area contributed by atoms with Gasteiger partial charge in [-0.05, 0) is 5.41 Å². The average molecular weight is 178 g/mol. The zero-order valence-corrected chi connectivity index (χ0v) is 9.23. The van der Waals surface area contributed by atoms with E-state index in [4.69, 9.17) is 0 Å². The third-order valence-corrected chi connectivity index (χ3v) is 4.90. The first kappa shape index (κ1) is 10.7. The van der Waals surface area contributed by atoms with Gasteiger partial charge in [-0.2, -0.15) is 0 Å². The quantitative estimate of drug-likeness (QED) is 0.603. The number of rotatable bonds is 3. The van der Waals surface area contributed by atoms with Crippen molar-refractivity contribution in [1.82, 2.24) is 0 Å². The van der Waals surface area contributed by atoms with Crippen LogP contribution in [-0.4, -0.2) is 11.0 Å². The lowest BCUT2D eigenvalue weighted by Crippen LogP contribution is -2.18. The molecule has 0 spiro atoms. The fraction of sp³-hybridized carbons (Fsp3) is 1.00. The predicted octanol–water partition coefficient (Wildman–Crippen LogP) is 3.82. The summed E-state index contributed by atoms with van der Waals surface area (Å²) in [6.45, 7) is 11.4. The summed E-state index contributed by atoms with van der Waals surface area (Å²) in [7, 11) is 3.96. The molecular weight excluding hydrogens is 160 g/mol. The highest BCUT2D eigenvalue weighted by atomic mass is 33.1. The first-order chi connectivity index (χ1) is 4.48. The third-order valence-electron chi connectivity index (χ3n) is 1.55. The van der Waals surface area contributed by atoms with Crippen molar-refractivity contribution in [3.05, 3.63) is 0 Å². The van der Waals surface area contributed by atoms with Crippen LogP contribution in [-0.2, 0) is 0 Å². The van der Waals surface area contributed by atoms with Gasteiger partial charge < -0.3 is 0 Å². The molecule has 1 unspecified atom stereocenters. The molecule has 0 amide bonds. The normalized spacial score (nSPS) is 15.3. The maximum Gasteiger partial charge on any atom is 0.0171 e. The fourth-order valence-electron chi connectivity index (χ4n) is 0.314. The summed E-state index contributed by atoms with van der Waals surface area (Å²) in [5.74, 6) is 1.21. The molecule has 0 radical (unpaired) electrons. The van der Waals surface area contributed by atoms with Crippen LogP contribution in [0.25, 0.3) is 0 Å². The molecule has 10 heavy (non-hydrogen) atoms. The molecule has 2 heteroatoms. The molecule has 0 saturated heterocycles. The molecule has 0 heterocycles. The summed E-state index contributed by atoms with van der Waals surface area (Å²) < 4.78 is 0. The van der Waals surface area contributed by atoms with Crippen LogP contribution in [0.5, 0.6) is 0 Å². The van der Waals surface area contributed by atoms with Crippen molar-refractivity contribution >= 4 is 21.6 Å². The van der Waals surface area contributed by atoms with Gasteiger partial charge in [-0.1, -0.05) is 56.2 Å². The van der Waals surface area contributed by atoms with Crippen molar-refractivity contribution < 1.29 is 0 Å². The molecule has 0 nitrogen and oxygen atoms in total. The van der Waals surface area contributed by atoms with E-state index in [1.165, 1.54) is 5.75 Å². The van der Waals surface area contributed by atoms with E-state index in [1.807, 2.05) is 21.6 Å². The van der Waals surface area contributed by atoms with Crippen molar-refractivity contribution in [3.8, 4) is 0 Å². The zero-order chi connectivity index (χ0) is 8.20. The molecule has 0 aliphatic carbocycles. The van der Waals surface area contributed by atoms with Crippen LogP contribution < -0.4 is 0 Å². The molecule has 0 fully saturated rings. The SMILES string of the molecule is CCSSC(C)C(C)(C)C. The molecule has 0 N–H and O–H groups in total. The zero-order valence-electron chi connectivity index (χ0n) is 7.60. The lowest BCUT2D eigenvalue weighted by molar-refractivity contribution is 0.412. The van der Waals surface area contributed by atoms with Crippen LogP contribution in [0.3, 0.4) is 0 Å². The summed E-state index contributed by atoms with van der Waals surface area (Å²) in [5.41, 5.74) is 0.451. The summed E-state index contributed by atoms with van der Waals surface area (Å²) in [6.07, 6.45) is 0. The molecule has 0 aliphatic heterocycles. The molecule has 0 aromatic rings. The van der Waals surface area contributed by atoms with Gasteiger partial charge >= 0.3 is 0 Å². The Bertz CT molecular complexity index is 83.7. The van der Waals surface area contributed by atoms with Crippen LogP contribution in [0, 0.1) is 5.41 Å². The monoisotopic (exact) mass is 178 g/mol. The second-order valence-electron chi connectivity index (χ2n) is 3.51. The standard InChI is InChI=1S/C8H18S2/c1-6-9-10-7(2)8(3,4)5/h7H,6H2,1-5H3. The Kier molecular flexibility index (Phi) is 4.87. The van der Waals surface area contributed by atoms with Crippen molar-refractivity contribution in [3.63, 3.8) is 0 Å². The van der Waals surface area contributed by atoms with Gasteiger partial charge in [-0.3, -0.25) is 0 Å². The largest absolute Gasteiger partial charge is 0.0942 e. The molecule has 0 aromatic heterocycles. The first-order valence-corrected chi connectivity index (χ1v) is 6.15. The second kappa shape index (κ2) is 4.55. The van der Waals surface area contributed by atoms with E-state index in [-0.39, 0.29) is 0 Å². The lowest BCUT2D eigenvalue weighted by atomic mass is 9.93. The maximum atomic E-state index is 2.30. The summed E-state index contributed by atoms with van der Waals surface area (Å²) in [4.78, 5) is 0. The van der Waals surface area contributed by atoms with E-state index in [2.05, 4.69) is 34.6 Å². The summed E-state index contributed by atoms with van der Waals surface area (Å²) in [5, 5.41) is 0.748. The summed E-state index contributed by atoms with van der Waals surface area (Å²) >= 11 is 0. The van der Waals surface area contributed by atoms with Gasteiger partial charge in [-0.25, -0.2) is 0 Å². The minimum Gasteiger partial charge on any atom is -0.0942 e. The minimum atomic E-state index is 0.451. The predicted molar refractivity (Wildman–Crippen MR) is 54.6 cm³/mol. The number of hydrogen-bond donors (Lipinski definition) is 0. The topological polar surface area (TPSA) is 0 Å². The Morgan fingerprint density at radius 2 is 1.80 bits per heavy atom. The van der Waals surface area contributed by atoms with Crippen molar-refractivity contribution in [2.75, 3.05) is 5.75 Å². The van der Waals surface area contributed by atoms with Crippen molar-refractivity contribution in [1.29, 1.82) is 0 Å². The van der Waals surface area contributed by atoms with Gasteiger partial charge in [0.05, 0.1) is 0 Å². The summed E-state index contributed by atoms with van der Waals surface area (Å²) in [6, 6.07) is 0. The highest BCUT2D eigenvalue weighted by Crippen LogP contribution is 2.36. The minimum absolute atomic E-state index is 0.451. The Morgan fingerprint density at radius 1 is 1.30 bits per heavy atom. The van der Waals surface area contributed by atoms with E-state index < -0.39 is 0 Å². The smallest absolute Gasteiger partial charge is 0.0171 e. The average Bonchev–Trinajstić information content (AvgIpc) is 1.80. The van der Waals surface area contributed by atoms with Crippen LogP contribution in [0.1, 0.15) is 34.6 Å². The first-order valence-electron chi connectivity index (χ1n) is 3.76. The van der Waals surface area contributed by atoms with Gasteiger partial charge in [0.25, 0.3) is 0 Å². The Hall–Kier alpha value is 0.700. The molecule has 0 rings (SSSR count). The van der Waals surface area contributed by atoms with Crippen molar-refractivity contribution in [2.24, 2.45) is 5.41 Å². The van der Waals surface area contributed by atoms with Crippen LogP contribution >= 0.6 is 21.6 Å². The lowest BCUT2D eigenvalue weighted by Gasteiger charge is -2.25. The highest BCUT2D eigenvalue weighted by molar-refractivity contribution is 8.76. The Morgan fingerprint density at radius 3 is 2.10 bits per heavy atom. The van der Waals surface area contributed by atoms with Gasteiger partial charge in [0, 0.05) is 11.0 Å². The fourth-order valence-corrected chi connectivity index (χ4v) is 2.83. The van der Waals surface area contributed by atoms with E-state index in [0.717, 1.165) is 5.25 Å². The number of hydrogen-bond acceptors (Lipinski definition) is 2. The van der Waals surface area contributed by atoms with Crippen molar-refractivity contribution in [2.45, 2.75) is 39.9 Å². The van der Waals surface area contributed by atoms with E-state index in [9.17, 15) is 0 Å². The van der Waals surface area contributed by atoms with Crippen LogP contribution in [0.15, 0.2) is 0 Å². The van der Waals surface area contributed by atoms with E-state index in [0.29, 0.717) is 5.41 Å². The highest BCUT2D eigenvalue weighted by Gasteiger charge is 2.19. The van der Waals surface area contributed by atoms with Gasteiger partial charge in [0.15, 0.2) is 0 Å². The maximum absolute atomic E-state index is 2.30. The third kappa shape index (κ3) is 4.51. The molecule has 1 atom stereocenters. The molecule has 0 bridgehead atoms. The van der Waals surface area contributed by atoms with E-state index >= 15 is 0 Å². The molecule has 62 valence electrons. The van der Waals surface area contributed by atoms with Crippen LogP contribution in [0.2, 0.25) is 0 Å². The van der Waals surface area contributed by atoms with Crippen LogP contribution in [0.4, 0.5) is 0 Å². The Labute approximate surface area is 72.9 Å². The van der Waals surface area contributed by atoms with Gasteiger partial charge in [0.1, 0.15) is 0 Å². The van der Waals surface area contributed by atoms with Gasteiger partial charge in [-0.15, -0.1) is 0 Å². The second-order valence-corrected chi connectivity index (χ2v) is 6.51. The molecule has 0 aliphatic rings. The molecule has 0 aromatic carbocycles. The molecular formula is C8H18S2. The molecule has 0 saturated carbocycles.